The zero-order valence-corrected chi connectivity index (χ0v) is 17.6. The van der Waals surface area contributed by atoms with Crippen LogP contribution in [0.1, 0.15) is 24.0 Å². The number of nitrogens with one attached hydrogen (secondary N) is 1. The molecule has 30 heavy (non-hydrogen) atoms. The molecule has 8 heteroatoms. The Bertz CT molecular complexity index is 1000. The van der Waals surface area contributed by atoms with Crippen molar-refractivity contribution in [3.05, 3.63) is 65.5 Å². The Labute approximate surface area is 177 Å². The number of nitrogens with zero attached hydrogens (tertiary/aromatic N) is 2. The van der Waals surface area contributed by atoms with Crippen molar-refractivity contribution in [3.63, 3.8) is 0 Å². The zero-order valence-electron chi connectivity index (χ0n) is 16.8. The minimum atomic E-state index is -1.35. The number of rotatable bonds is 3. The van der Waals surface area contributed by atoms with Crippen LogP contribution in [0.3, 0.4) is 0 Å². The molecule has 2 aromatic rings. The van der Waals surface area contributed by atoms with E-state index in [0.717, 1.165) is 11.3 Å². The van der Waals surface area contributed by atoms with Crippen molar-refractivity contribution in [2.24, 2.45) is 0 Å². The molecule has 2 aromatic carbocycles. The van der Waals surface area contributed by atoms with Gasteiger partial charge >= 0.3 is 6.03 Å². The first-order chi connectivity index (χ1) is 14.4. The van der Waals surface area contributed by atoms with Crippen LogP contribution in [0.4, 0.5) is 14.9 Å². The van der Waals surface area contributed by atoms with Gasteiger partial charge in [0, 0.05) is 38.2 Å². The molecule has 4 rings (SSSR count). The number of likely N-dealkylation sites (tertiary alicyclic amines) is 1. The summed E-state index contributed by atoms with van der Waals surface area (Å²) in [5, 5.41) is 2.90. The van der Waals surface area contributed by atoms with Crippen molar-refractivity contribution in [2.75, 3.05) is 24.2 Å². The Morgan fingerprint density at radius 1 is 1.17 bits per heavy atom. The van der Waals surface area contributed by atoms with E-state index < -0.39 is 15.7 Å². The minimum Gasteiger partial charge on any atom is -0.324 e. The van der Waals surface area contributed by atoms with Crippen LogP contribution in [0.25, 0.3) is 0 Å². The quantitative estimate of drug-likeness (QED) is 0.814. The Hall–Kier alpha value is -2.74. The van der Waals surface area contributed by atoms with Crippen molar-refractivity contribution in [1.29, 1.82) is 0 Å². The second-order valence-corrected chi connectivity index (χ2v) is 9.57. The summed E-state index contributed by atoms with van der Waals surface area (Å²) in [5.41, 5.74) is 2.45. The maximum Gasteiger partial charge on any atom is 0.321 e. The number of amides is 3. The lowest BCUT2D eigenvalue weighted by molar-refractivity contribution is -0.131. The molecule has 0 saturated carbocycles. The molecule has 0 bridgehead atoms. The number of urea groups is 1. The fourth-order valence-electron chi connectivity index (χ4n) is 4.21. The average Bonchev–Trinajstić information content (AvgIpc) is 2.92. The molecular formula is C22H24FN3O3S. The molecule has 2 fully saturated rings. The van der Waals surface area contributed by atoms with E-state index in [4.69, 9.17) is 0 Å². The molecule has 0 radical (unpaired) electrons. The number of carbonyl (C=O) groups excluding carboxylic acids is 2. The van der Waals surface area contributed by atoms with Crippen molar-refractivity contribution in [1.82, 2.24) is 9.80 Å². The number of benzene rings is 2. The lowest BCUT2D eigenvalue weighted by atomic mass is 10.0. The monoisotopic (exact) mass is 429 g/mol. The first-order valence-electron chi connectivity index (χ1n) is 9.93. The molecule has 2 aliphatic heterocycles. The third kappa shape index (κ3) is 3.96. The molecule has 2 saturated heterocycles. The highest BCUT2D eigenvalue weighted by molar-refractivity contribution is 7.87. The summed E-state index contributed by atoms with van der Waals surface area (Å²) in [6, 6.07) is 13.5. The van der Waals surface area contributed by atoms with E-state index in [1.807, 2.05) is 31.2 Å². The molecule has 3 amide bonds. The second-order valence-electron chi connectivity index (χ2n) is 7.83. The summed E-state index contributed by atoms with van der Waals surface area (Å²) in [6.07, 6.45) is 0.865. The molecule has 0 aromatic heterocycles. The average molecular weight is 430 g/mol. The molecule has 2 heterocycles. The molecule has 1 spiro atoms. The van der Waals surface area contributed by atoms with E-state index in [1.165, 1.54) is 12.1 Å². The number of halogens is 1. The lowest BCUT2D eigenvalue weighted by Gasteiger charge is -2.43. The Balaban J connectivity index is 1.46. The van der Waals surface area contributed by atoms with Gasteiger partial charge in [-0.05, 0) is 42.3 Å². The van der Waals surface area contributed by atoms with Gasteiger partial charge in [0.15, 0.2) is 0 Å². The van der Waals surface area contributed by atoms with Crippen LogP contribution in [0, 0.1) is 12.7 Å². The molecular weight excluding hydrogens is 405 g/mol. The Kier molecular flexibility index (Phi) is 5.60. The number of hydrogen-bond donors (Lipinski definition) is 1. The normalized spacial score (nSPS) is 20.6. The number of piperidine rings is 1. The standard InChI is InChI=1S/C22H24FN3O3S/c1-16-4-2-7-19(12-16)24-21(28)25-10-8-22(9-11-25)26(20(27)15-30(22)29)14-17-5-3-6-18(23)13-17/h2-7,12-13H,8-11,14-15H2,1H3,(H,24,28). The zero-order chi connectivity index (χ0) is 21.3. The van der Waals surface area contributed by atoms with Gasteiger partial charge in [-0.1, -0.05) is 24.3 Å². The smallest absolute Gasteiger partial charge is 0.321 e. The van der Waals surface area contributed by atoms with E-state index in [-0.39, 0.29) is 30.1 Å². The molecule has 1 unspecified atom stereocenters. The number of anilines is 1. The second kappa shape index (κ2) is 8.18. The highest BCUT2D eigenvalue weighted by Gasteiger charge is 2.53. The van der Waals surface area contributed by atoms with Crippen molar-refractivity contribution in [3.8, 4) is 0 Å². The van der Waals surface area contributed by atoms with Gasteiger partial charge in [0.25, 0.3) is 0 Å². The first-order valence-corrected chi connectivity index (χ1v) is 11.3. The van der Waals surface area contributed by atoms with Gasteiger partial charge in [-0.3, -0.25) is 9.00 Å². The Morgan fingerprint density at radius 2 is 1.90 bits per heavy atom. The predicted molar refractivity (Wildman–Crippen MR) is 114 cm³/mol. The van der Waals surface area contributed by atoms with Crippen molar-refractivity contribution in [2.45, 2.75) is 31.2 Å². The van der Waals surface area contributed by atoms with Crippen molar-refractivity contribution < 1.29 is 18.2 Å². The highest BCUT2D eigenvalue weighted by Crippen LogP contribution is 2.38. The molecule has 1 atom stereocenters. The van der Waals surface area contributed by atoms with Crippen LogP contribution in [-0.4, -0.2) is 49.7 Å². The molecule has 6 nitrogen and oxygen atoms in total. The topological polar surface area (TPSA) is 69.7 Å². The van der Waals surface area contributed by atoms with E-state index in [1.54, 1.807) is 21.9 Å². The molecule has 0 aliphatic carbocycles. The maximum atomic E-state index is 13.6. The largest absolute Gasteiger partial charge is 0.324 e. The van der Waals surface area contributed by atoms with E-state index in [9.17, 15) is 18.2 Å². The van der Waals surface area contributed by atoms with Gasteiger partial charge in [-0.25, -0.2) is 9.18 Å². The lowest BCUT2D eigenvalue weighted by Crippen LogP contribution is -2.55. The summed E-state index contributed by atoms with van der Waals surface area (Å²) in [4.78, 5) is 27.8. The van der Waals surface area contributed by atoms with E-state index >= 15 is 0 Å². The van der Waals surface area contributed by atoms with Gasteiger partial charge in [0.05, 0.1) is 10.8 Å². The fraction of sp³-hybridized carbons (Fsp3) is 0.364. The van der Waals surface area contributed by atoms with E-state index in [0.29, 0.717) is 31.5 Å². The van der Waals surface area contributed by atoms with Gasteiger partial charge in [-0.15, -0.1) is 0 Å². The van der Waals surface area contributed by atoms with Gasteiger partial charge in [-0.2, -0.15) is 0 Å². The number of aryl methyl sites for hydroxylation is 1. The van der Waals surface area contributed by atoms with Crippen LogP contribution in [0.15, 0.2) is 48.5 Å². The summed E-state index contributed by atoms with van der Waals surface area (Å²) in [6.45, 7) is 2.98. The third-order valence-corrected chi connectivity index (χ3v) is 7.79. The summed E-state index contributed by atoms with van der Waals surface area (Å²) in [5.74, 6) is -0.572. The summed E-state index contributed by atoms with van der Waals surface area (Å²) < 4.78 is 26.5. The highest BCUT2D eigenvalue weighted by atomic mass is 32.2. The van der Waals surface area contributed by atoms with Crippen LogP contribution in [0.2, 0.25) is 0 Å². The summed E-state index contributed by atoms with van der Waals surface area (Å²) >= 11 is 0. The first kappa shape index (κ1) is 20.5. The van der Waals surface area contributed by atoms with Crippen LogP contribution >= 0.6 is 0 Å². The van der Waals surface area contributed by atoms with Gasteiger partial charge in [0.2, 0.25) is 5.91 Å². The van der Waals surface area contributed by atoms with Gasteiger partial charge in [0.1, 0.15) is 16.4 Å². The predicted octanol–water partition coefficient (Wildman–Crippen LogP) is 3.25. The minimum absolute atomic E-state index is 0.0230. The number of carbonyl (C=O) groups is 2. The van der Waals surface area contributed by atoms with E-state index in [2.05, 4.69) is 5.32 Å². The van der Waals surface area contributed by atoms with Crippen LogP contribution in [-0.2, 0) is 22.1 Å². The fourth-order valence-corrected chi connectivity index (χ4v) is 5.91. The molecule has 1 N–H and O–H groups in total. The van der Waals surface area contributed by atoms with Crippen LogP contribution < -0.4 is 5.32 Å². The SMILES string of the molecule is Cc1cccc(NC(=O)N2CCC3(CC2)N(Cc2cccc(F)c2)C(=O)CS3=O)c1. The van der Waals surface area contributed by atoms with Crippen LogP contribution in [0.5, 0.6) is 0 Å². The Morgan fingerprint density at radius 3 is 2.60 bits per heavy atom. The summed E-state index contributed by atoms with van der Waals surface area (Å²) in [7, 11) is -1.35. The number of hydrogen-bond acceptors (Lipinski definition) is 3. The van der Waals surface area contributed by atoms with Gasteiger partial charge < -0.3 is 15.1 Å². The maximum absolute atomic E-state index is 13.6. The molecule has 2 aliphatic rings. The third-order valence-electron chi connectivity index (χ3n) is 5.80. The molecule has 158 valence electrons. The van der Waals surface area contributed by atoms with Crippen molar-refractivity contribution >= 4 is 28.4 Å².